The molecule has 0 aromatic carbocycles. The molecule has 0 saturated carbocycles. The van der Waals surface area contributed by atoms with E-state index in [1.807, 2.05) is 32.0 Å². The minimum absolute atomic E-state index is 1.00. The van der Waals surface area contributed by atoms with Crippen LogP contribution in [-0.4, -0.2) is 23.1 Å². The summed E-state index contributed by atoms with van der Waals surface area (Å²) < 4.78 is 2.11. The molecule has 1 aliphatic carbocycles. The Morgan fingerprint density at radius 1 is 1.29 bits per heavy atom. The fourth-order valence-electron chi connectivity index (χ4n) is 2.50. The van der Waals surface area contributed by atoms with Crippen molar-refractivity contribution in [2.24, 2.45) is 0 Å². The summed E-state index contributed by atoms with van der Waals surface area (Å²) in [4.78, 5) is 4.06. The summed E-state index contributed by atoms with van der Waals surface area (Å²) in [5.74, 6) is 0. The van der Waals surface area contributed by atoms with Crippen LogP contribution in [0.4, 0.5) is 0 Å². The highest BCUT2D eigenvalue weighted by Crippen LogP contribution is 2.18. The maximum absolute atomic E-state index is 4.06. The molecule has 1 aromatic rings. The van der Waals surface area contributed by atoms with Crippen molar-refractivity contribution in [2.45, 2.75) is 32.7 Å². The van der Waals surface area contributed by atoms with E-state index in [2.05, 4.69) is 63.6 Å². The molecule has 2 rings (SSSR count). The highest BCUT2D eigenvalue weighted by Gasteiger charge is 2.04. The predicted octanol–water partition coefficient (Wildman–Crippen LogP) is 3.70. The SMILES string of the molecule is C/C=C(\C=C/NC)/C=C/C1=CC=C(NCCCn2ccnc2)CC1. The molecule has 4 heteroatoms. The van der Waals surface area contributed by atoms with Crippen LogP contribution in [0.1, 0.15) is 26.2 Å². The summed E-state index contributed by atoms with van der Waals surface area (Å²) in [5, 5.41) is 6.55. The number of imidazole rings is 1. The van der Waals surface area contributed by atoms with E-state index in [1.54, 1.807) is 0 Å². The zero-order valence-electron chi connectivity index (χ0n) is 14.7. The van der Waals surface area contributed by atoms with Gasteiger partial charge >= 0.3 is 0 Å². The monoisotopic (exact) mass is 324 g/mol. The minimum atomic E-state index is 1.00. The van der Waals surface area contributed by atoms with Gasteiger partial charge in [0, 0.05) is 38.2 Å². The topological polar surface area (TPSA) is 41.9 Å². The largest absolute Gasteiger partial charge is 0.394 e. The molecular weight excluding hydrogens is 296 g/mol. The number of allylic oxidation sites excluding steroid dienone is 9. The molecule has 0 spiro atoms. The number of aryl methyl sites for hydroxylation is 1. The van der Waals surface area contributed by atoms with E-state index in [0.29, 0.717) is 0 Å². The van der Waals surface area contributed by atoms with Gasteiger partial charge in [-0.1, -0.05) is 24.3 Å². The maximum atomic E-state index is 4.06. The molecule has 1 aromatic heterocycles. The van der Waals surface area contributed by atoms with Gasteiger partial charge in [-0.3, -0.25) is 0 Å². The molecule has 0 atom stereocenters. The van der Waals surface area contributed by atoms with Gasteiger partial charge in [-0.25, -0.2) is 4.98 Å². The van der Waals surface area contributed by atoms with Crippen LogP contribution in [0, 0.1) is 0 Å². The highest BCUT2D eigenvalue weighted by molar-refractivity contribution is 5.37. The van der Waals surface area contributed by atoms with Gasteiger partial charge in [-0.05, 0) is 55.7 Å². The summed E-state index contributed by atoms with van der Waals surface area (Å²) in [7, 11) is 1.91. The molecule has 0 amide bonds. The van der Waals surface area contributed by atoms with Crippen LogP contribution in [0.3, 0.4) is 0 Å². The van der Waals surface area contributed by atoms with Gasteiger partial charge in [0.15, 0.2) is 0 Å². The van der Waals surface area contributed by atoms with Gasteiger partial charge in [-0.2, -0.15) is 0 Å². The lowest BCUT2D eigenvalue weighted by Crippen LogP contribution is -2.17. The Kier molecular flexibility index (Phi) is 7.68. The molecule has 0 radical (unpaired) electrons. The molecule has 0 aliphatic heterocycles. The lowest BCUT2D eigenvalue weighted by molar-refractivity contribution is 0.603. The molecule has 1 heterocycles. The van der Waals surface area contributed by atoms with Gasteiger partial charge in [-0.15, -0.1) is 0 Å². The van der Waals surface area contributed by atoms with Crippen LogP contribution >= 0.6 is 0 Å². The quantitative estimate of drug-likeness (QED) is 0.537. The maximum Gasteiger partial charge on any atom is 0.0945 e. The van der Waals surface area contributed by atoms with Crippen LogP contribution in [0.2, 0.25) is 0 Å². The molecule has 1 aliphatic rings. The van der Waals surface area contributed by atoms with Gasteiger partial charge in [0.1, 0.15) is 0 Å². The molecule has 0 bridgehead atoms. The second-order valence-electron chi connectivity index (χ2n) is 5.76. The average Bonchev–Trinajstić information content (AvgIpc) is 3.13. The van der Waals surface area contributed by atoms with Crippen molar-refractivity contribution in [2.75, 3.05) is 13.6 Å². The smallest absolute Gasteiger partial charge is 0.0945 e. The summed E-state index contributed by atoms with van der Waals surface area (Å²) in [6.45, 7) is 4.07. The molecular formula is C20H28N4. The number of hydrogen-bond acceptors (Lipinski definition) is 3. The van der Waals surface area contributed by atoms with Crippen LogP contribution < -0.4 is 10.6 Å². The summed E-state index contributed by atoms with van der Waals surface area (Å²) in [6.07, 6.45) is 23.9. The summed E-state index contributed by atoms with van der Waals surface area (Å²) >= 11 is 0. The second kappa shape index (κ2) is 10.3. The lowest BCUT2D eigenvalue weighted by atomic mass is 10.0. The molecule has 0 saturated heterocycles. The van der Waals surface area contributed by atoms with Crippen molar-refractivity contribution in [3.05, 3.63) is 78.2 Å². The third kappa shape index (κ3) is 6.32. The first-order chi connectivity index (χ1) is 11.8. The Bertz CT molecular complexity index is 631. The van der Waals surface area contributed by atoms with Crippen molar-refractivity contribution in [1.29, 1.82) is 0 Å². The number of nitrogens with zero attached hydrogens (tertiary/aromatic N) is 2. The van der Waals surface area contributed by atoms with E-state index in [0.717, 1.165) is 32.4 Å². The molecule has 2 N–H and O–H groups in total. The van der Waals surface area contributed by atoms with Crippen LogP contribution in [0.5, 0.6) is 0 Å². The third-order valence-corrected chi connectivity index (χ3v) is 3.95. The van der Waals surface area contributed by atoms with E-state index in [1.165, 1.54) is 16.8 Å². The fourth-order valence-corrected chi connectivity index (χ4v) is 2.50. The Labute approximate surface area is 145 Å². The van der Waals surface area contributed by atoms with Crippen molar-refractivity contribution >= 4 is 0 Å². The third-order valence-electron chi connectivity index (χ3n) is 3.95. The second-order valence-corrected chi connectivity index (χ2v) is 5.76. The Morgan fingerprint density at radius 3 is 2.88 bits per heavy atom. The molecule has 128 valence electrons. The van der Waals surface area contributed by atoms with Crippen molar-refractivity contribution in [3.63, 3.8) is 0 Å². The number of aromatic nitrogens is 2. The van der Waals surface area contributed by atoms with Crippen molar-refractivity contribution in [1.82, 2.24) is 20.2 Å². The Hall–Kier alpha value is -2.49. The molecule has 0 fully saturated rings. The zero-order chi connectivity index (χ0) is 17.0. The number of hydrogen-bond donors (Lipinski definition) is 2. The molecule has 4 nitrogen and oxygen atoms in total. The van der Waals surface area contributed by atoms with Gasteiger partial charge < -0.3 is 15.2 Å². The minimum Gasteiger partial charge on any atom is -0.394 e. The van der Waals surface area contributed by atoms with Crippen LogP contribution in [0.15, 0.2) is 78.2 Å². The van der Waals surface area contributed by atoms with E-state index in [-0.39, 0.29) is 0 Å². The molecule has 24 heavy (non-hydrogen) atoms. The number of nitrogens with one attached hydrogen (secondary N) is 2. The first-order valence-corrected chi connectivity index (χ1v) is 8.59. The normalized spacial score (nSPS) is 15.7. The van der Waals surface area contributed by atoms with Crippen molar-refractivity contribution in [3.8, 4) is 0 Å². The van der Waals surface area contributed by atoms with E-state index >= 15 is 0 Å². The first kappa shape index (κ1) is 17.9. The van der Waals surface area contributed by atoms with Crippen molar-refractivity contribution < 1.29 is 0 Å². The van der Waals surface area contributed by atoms with Crippen LogP contribution in [-0.2, 0) is 6.54 Å². The average molecular weight is 324 g/mol. The lowest BCUT2D eigenvalue weighted by Gasteiger charge is -2.15. The summed E-state index contributed by atoms with van der Waals surface area (Å²) in [5.41, 5.74) is 3.91. The fraction of sp³-hybridized carbons (Fsp3) is 0.350. The summed E-state index contributed by atoms with van der Waals surface area (Å²) in [6, 6.07) is 0. The highest BCUT2D eigenvalue weighted by atomic mass is 15.0. The zero-order valence-corrected chi connectivity index (χ0v) is 14.7. The van der Waals surface area contributed by atoms with Gasteiger partial charge in [0.25, 0.3) is 0 Å². The predicted molar refractivity (Wildman–Crippen MR) is 101 cm³/mol. The first-order valence-electron chi connectivity index (χ1n) is 8.59. The molecule has 0 unspecified atom stereocenters. The number of rotatable bonds is 9. The van der Waals surface area contributed by atoms with E-state index in [4.69, 9.17) is 0 Å². The van der Waals surface area contributed by atoms with E-state index in [9.17, 15) is 0 Å². The van der Waals surface area contributed by atoms with Gasteiger partial charge in [0.2, 0.25) is 0 Å². The Balaban J connectivity index is 1.75. The van der Waals surface area contributed by atoms with E-state index < -0.39 is 0 Å². The van der Waals surface area contributed by atoms with Gasteiger partial charge in [0.05, 0.1) is 6.33 Å². The van der Waals surface area contributed by atoms with Crippen LogP contribution in [0.25, 0.3) is 0 Å². The standard InChI is InChI=1S/C20H28N4/c1-3-18(11-13-21-2)5-6-19-7-9-20(10-8-19)23-12-4-15-24-16-14-22-17-24/h3,5-7,9,11,13-14,16-17,21,23H,4,8,10,12,15H2,1-2H3/b6-5+,13-11-,18-3-. The Morgan fingerprint density at radius 2 is 2.21 bits per heavy atom.